The van der Waals surface area contributed by atoms with Gasteiger partial charge in [-0.2, -0.15) is 43.9 Å². The molecule has 3 heterocycles. The summed E-state index contributed by atoms with van der Waals surface area (Å²) in [7, 11) is -3.45. The number of ether oxygens (including phenoxy) is 3. The van der Waals surface area contributed by atoms with E-state index >= 15 is 0 Å². The summed E-state index contributed by atoms with van der Waals surface area (Å²) < 4.78 is 192. The molecule has 27 heteroatoms. The van der Waals surface area contributed by atoms with E-state index in [1.807, 2.05) is 121 Å². The van der Waals surface area contributed by atoms with Gasteiger partial charge in [-0.3, -0.25) is 4.72 Å². The molecule has 1 unspecified atom stereocenters. The molecule has 12 aromatic rings. The van der Waals surface area contributed by atoms with Crippen LogP contribution in [0.15, 0.2) is 200 Å². The Morgan fingerprint density at radius 3 is 1.15 bits per heavy atom. The van der Waals surface area contributed by atoms with Crippen LogP contribution in [0, 0.1) is 0 Å². The first-order valence-electron chi connectivity index (χ1n) is 33.0. The van der Waals surface area contributed by atoms with Crippen molar-refractivity contribution in [2.24, 2.45) is 0 Å². The number of aliphatic hydroxyl groups excluding tert-OH is 1. The molecule has 0 amide bonds. The summed E-state index contributed by atoms with van der Waals surface area (Å²) in [4.78, 5) is 23.8. The topological polar surface area (TPSA) is 200 Å². The van der Waals surface area contributed by atoms with Crippen LogP contribution in [0.5, 0.6) is 17.2 Å². The van der Waals surface area contributed by atoms with E-state index < -0.39 is 71.7 Å². The molecular weight excluding hydrogens is 1410 g/mol. The van der Waals surface area contributed by atoms with Crippen LogP contribution in [0.2, 0.25) is 0 Å². The van der Waals surface area contributed by atoms with Crippen molar-refractivity contribution >= 4 is 48.8 Å². The molecule has 0 fully saturated rings. The van der Waals surface area contributed by atoms with Crippen molar-refractivity contribution in [1.29, 1.82) is 0 Å². The number of anilines is 1. The predicted molar refractivity (Wildman–Crippen MR) is 380 cm³/mol. The molecule has 0 radical (unpaired) electrons. The number of alkyl halides is 12. The number of H-pyrrole nitrogens is 3. The second-order valence-corrected chi connectivity index (χ2v) is 27.6. The molecule has 105 heavy (non-hydrogen) atoms. The van der Waals surface area contributed by atoms with Gasteiger partial charge in [-0.15, -0.1) is 0 Å². The van der Waals surface area contributed by atoms with Gasteiger partial charge in [0.2, 0.25) is 10.0 Å². The highest BCUT2D eigenvalue weighted by Crippen LogP contribution is 2.39. The van der Waals surface area contributed by atoms with Gasteiger partial charge in [-0.1, -0.05) is 121 Å². The van der Waals surface area contributed by atoms with E-state index in [4.69, 9.17) is 4.74 Å². The Morgan fingerprint density at radius 1 is 0.438 bits per heavy atom. The number of hydrogen-bond acceptors (Lipinski definition) is 10. The van der Waals surface area contributed by atoms with Crippen molar-refractivity contribution in [2.75, 3.05) is 30.8 Å². The fraction of sp³-hybridized carbons (Fsp3) is 0.269. The lowest BCUT2D eigenvalue weighted by Crippen LogP contribution is -2.41. The highest BCUT2D eigenvalue weighted by atomic mass is 32.2. The molecule has 0 saturated carbocycles. The van der Waals surface area contributed by atoms with E-state index in [2.05, 4.69) is 50.2 Å². The number of rotatable bonds is 25. The number of hydrogen-bond donors (Lipinski definition) is 6. The molecule has 0 aliphatic carbocycles. The summed E-state index contributed by atoms with van der Waals surface area (Å²) >= 11 is 0. The summed E-state index contributed by atoms with van der Waals surface area (Å²) in [6.07, 6.45) is -7.10. The number of nitrogens with zero attached hydrogens (tertiary/aromatic N) is 3. The summed E-state index contributed by atoms with van der Waals surface area (Å²) in [6, 6.07) is 59.0. The largest absolute Gasteiger partial charge is 0.487 e. The van der Waals surface area contributed by atoms with E-state index in [0.29, 0.717) is 48.5 Å². The number of para-hydroxylation sites is 1. The molecule has 0 saturated heterocycles. The third-order valence-electron chi connectivity index (χ3n) is 16.6. The van der Waals surface area contributed by atoms with E-state index in [0.717, 1.165) is 126 Å². The highest BCUT2D eigenvalue weighted by molar-refractivity contribution is 7.92. The van der Waals surface area contributed by atoms with Gasteiger partial charge >= 0.3 is 24.2 Å². The number of aliphatic hydroxyl groups is 2. The summed E-state index contributed by atoms with van der Waals surface area (Å²) in [5, 5.41) is 20.6. The molecule has 0 aliphatic heterocycles. The summed E-state index contributed by atoms with van der Waals surface area (Å²) in [6.45, 7) is 1.91. The van der Waals surface area contributed by atoms with Crippen LogP contribution in [0.25, 0.3) is 66.5 Å². The number of aryl methyl sites for hydroxylation is 6. The zero-order valence-electron chi connectivity index (χ0n) is 57.2. The Kier molecular flexibility index (Phi) is 23.5. The highest BCUT2D eigenvalue weighted by Gasteiger charge is 2.59. The van der Waals surface area contributed by atoms with E-state index in [1.54, 1.807) is 69.3 Å². The Labute approximate surface area is 596 Å². The molecule has 0 aliphatic rings. The van der Waals surface area contributed by atoms with E-state index in [1.165, 1.54) is 24.3 Å². The van der Waals surface area contributed by atoms with Crippen LogP contribution in [-0.4, -0.2) is 105 Å². The minimum Gasteiger partial charge on any atom is -0.487 e. The Hall–Kier alpha value is -10.4. The van der Waals surface area contributed by atoms with Gasteiger partial charge in [0.05, 0.1) is 56.7 Å². The Morgan fingerprint density at radius 2 is 0.781 bits per heavy atom. The van der Waals surface area contributed by atoms with E-state index in [-0.39, 0.29) is 11.5 Å². The minimum absolute atomic E-state index is 0.0646. The second kappa shape index (κ2) is 31.9. The Bertz CT molecular complexity index is 5030. The zero-order valence-corrected chi connectivity index (χ0v) is 58.0. The average Bonchev–Trinajstić information content (AvgIpc) is 1.77. The smallest absolute Gasteiger partial charge is 0.456 e. The molecule has 3 aromatic heterocycles. The molecule has 6 N–H and O–H groups in total. The monoisotopic (exact) mass is 1480 g/mol. The molecule has 1 atom stereocenters. The number of aromatic nitrogens is 6. The normalized spacial score (nSPS) is 12.7. The average molecular weight is 1480 g/mol. The molecule has 14 nitrogen and oxygen atoms in total. The van der Waals surface area contributed by atoms with Gasteiger partial charge in [-0.05, 0) is 175 Å². The maximum absolute atomic E-state index is 13.0. The maximum Gasteiger partial charge on any atom is 0.456 e. The lowest BCUT2D eigenvalue weighted by atomic mass is 9.89. The standard InChI is InChI=1S/C27H25F5N2O2.C26H26F2N2O2.C25H22F5N3O3S/c1-25(2,35)21-6-4-3-5-20(21)18-10-13-22-23(15-18)34-24(33-22)14-9-17-7-11-19(12-8-17)36-16-26(28,29)27(30,31)32;1-17(31)21-5-3-4-6-22(21)19-10-13-23-24(15-19)30-25(29-23)14-9-18-7-11-20(12-8-18)32-16-26(2,27)28;1-37(34,35)33-20-5-3-2-4-19(20)17-9-12-21-22(14-17)32-23(31-21)13-8-16-6-10-18(11-7-16)36-15-24(26,27)25(28,29)30/h3-8,10-13,15,35H,9,14,16H2,1-2H3,(H,33,34);3-8,10-13,15,17,31H,9,14,16H2,1-2H3,(H,29,30);2-7,9-12,14,33H,8,13,15H2,1H3,(H,31,32). The van der Waals surface area contributed by atoms with Crippen LogP contribution in [0.3, 0.4) is 0 Å². The van der Waals surface area contributed by atoms with Crippen molar-refractivity contribution < 1.29 is 85.5 Å². The minimum atomic E-state index is -5.67. The molecule has 0 spiro atoms. The summed E-state index contributed by atoms with van der Waals surface area (Å²) in [5.74, 6) is -10.1. The van der Waals surface area contributed by atoms with Gasteiger partial charge in [0, 0.05) is 31.7 Å². The molecule has 9 aromatic carbocycles. The number of fused-ring (bicyclic) bond motifs is 3. The van der Waals surface area contributed by atoms with Gasteiger partial charge < -0.3 is 39.4 Å². The van der Waals surface area contributed by atoms with Crippen LogP contribution >= 0.6 is 0 Å². The van der Waals surface area contributed by atoms with Crippen molar-refractivity contribution in [2.45, 2.75) is 108 Å². The first-order valence-corrected chi connectivity index (χ1v) is 34.9. The number of halogens is 12. The van der Waals surface area contributed by atoms with Crippen molar-refractivity contribution in [3.63, 3.8) is 0 Å². The number of aromatic amines is 3. The number of sulfonamides is 1. The molecule has 0 bridgehead atoms. The fourth-order valence-corrected chi connectivity index (χ4v) is 11.8. The summed E-state index contributed by atoms with van der Waals surface area (Å²) in [5.41, 5.74) is 14.3. The van der Waals surface area contributed by atoms with Gasteiger partial charge in [0.1, 0.15) is 34.7 Å². The quantitative estimate of drug-likeness (QED) is 0.0299. The predicted octanol–water partition coefficient (Wildman–Crippen LogP) is 18.9. The molecule has 552 valence electrons. The van der Waals surface area contributed by atoms with Crippen LogP contribution in [-0.2, 0) is 54.1 Å². The fourth-order valence-electron chi connectivity index (χ4n) is 11.2. The van der Waals surface area contributed by atoms with Crippen molar-refractivity contribution in [1.82, 2.24) is 29.9 Å². The third kappa shape index (κ3) is 21.0. The number of imidazole rings is 3. The van der Waals surface area contributed by atoms with Gasteiger partial charge in [0.25, 0.3) is 5.92 Å². The van der Waals surface area contributed by atoms with Crippen LogP contribution in [0.1, 0.15) is 79.1 Å². The van der Waals surface area contributed by atoms with Gasteiger partial charge in [-0.25, -0.2) is 32.2 Å². The van der Waals surface area contributed by atoms with Crippen LogP contribution in [0.4, 0.5) is 58.4 Å². The Balaban J connectivity index is 0.000000169. The van der Waals surface area contributed by atoms with Gasteiger partial charge in [0.15, 0.2) is 19.8 Å². The zero-order chi connectivity index (χ0) is 75.7. The third-order valence-corrected chi connectivity index (χ3v) is 17.2. The first-order chi connectivity index (χ1) is 49.4. The lowest BCUT2D eigenvalue weighted by molar-refractivity contribution is -0.290. The SMILES string of the molecule is CC(C)(O)c1ccccc1-c1ccc2nc(CCc3ccc(OCC(F)(F)C(F)(F)F)cc3)[nH]c2c1.CC(O)c1ccccc1-c1ccc2nc(CCc3ccc(OCC(C)(F)F)cc3)[nH]c2c1.CS(=O)(=O)Nc1ccccc1-c1ccc2nc(CCc3ccc(OCC(F)(F)C(F)(F)F)cc3)[nH]c2c1. The lowest BCUT2D eigenvalue weighted by Gasteiger charge is -2.21. The molecule has 12 rings (SSSR count). The second-order valence-electron chi connectivity index (χ2n) is 25.8. The van der Waals surface area contributed by atoms with Crippen molar-refractivity contribution in [3.8, 4) is 50.6 Å². The van der Waals surface area contributed by atoms with E-state index in [9.17, 15) is 71.3 Å². The first kappa shape index (κ1) is 77.2. The molecular formula is C78H73F12N7O7S. The van der Waals surface area contributed by atoms with Crippen molar-refractivity contribution in [3.05, 3.63) is 245 Å². The number of benzene rings is 9. The number of nitrogens with one attached hydrogen (secondary N) is 4. The maximum atomic E-state index is 13.0. The van der Waals surface area contributed by atoms with Crippen LogP contribution < -0.4 is 18.9 Å².